The molecule has 0 aliphatic heterocycles. The number of rotatable bonds is 9. The number of nitrogens with one attached hydrogen (secondary N) is 3. The van der Waals surface area contributed by atoms with Crippen LogP contribution in [-0.2, 0) is 0 Å². The molecule has 3 aromatic rings. The maximum Gasteiger partial charge on any atom is 0.319 e. The standard InChI is InChI=1S/C23H25N7O3/c1-32-19-12-17(11-18(13-19)29-23(31)27-8-3-7-24)28-22-26-9-6-20(30-22)15-4-5-21(33-2)16(10-15)14-25/h4-6,9-13H,3,7-8,24H2,1-2H3,(H,26,28,30)(H2,27,29,31). The normalized spacial score (nSPS) is 10.1. The summed E-state index contributed by atoms with van der Waals surface area (Å²) in [7, 11) is 3.06. The van der Waals surface area contributed by atoms with E-state index in [0.29, 0.717) is 59.6 Å². The quantitative estimate of drug-likeness (QED) is 0.366. The van der Waals surface area contributed by atoms with Gasteiger partial charge < -0.3 is 31.2 Å². The lowest BCUT2D eigenvalue weighted by Gasteiger charge is -2.12. The molecule has 0 radical (unpaired) electrons. The van der Waals surface area contributed by atoms with Gasteiger partial charge in [-0.05, 0) is 43.3 Å². The minimum Gasteiger partial charge on any atom is -0.497 e. The Labute approximate surface area is 191 Å². The van der Waals surface area contributed by atoms with Crippen LogP contribution in [0.15, 0.2) is 48.7 Å². The van der Waals surface area contributed by atoms with Crippen molar-refractivity contribution in [2.24, 2.45) is 5.73 Å². The van der Waals surface area contributed by atoms with Crippen molar-refractivity contribution in [1.82, 2.24) is 15.3 Å². The summed E-state index contributed by atoms with van der Waals surface area (Å²) >= 11 is 0. The first kappa shape index (κ1) is 23.3. The third kappa shape index (κ3) is 6.32. The van der Waals surface area contributed by atoms with Crippen LogP contribution in [0.1, 0.15) is 12.0 Å². The van der Waals surface area contributed by atoms with E-state index in [2.05, 4.69) is 32.0 Å². The topological polar surface area (TPSA) is 147 Å². The Hall–Kier alpha value is -4.36. The molecular weight excluding hydrogens is 422 g/mol. The van der Waals surface area contributed by atoms with Gasteiger partial charge in [0.1, 0.15) is 17.6 Å². The highest BCUT2D eigenvalue weighted by Crippen LogP contribution is 2.28. The SMILES string of the molecule is COc1cc(NC(=O)NCCCN)cc(Nc2nccc(-c3ccc(OC)c(C#N)c3)n2)c1. The molecule has 10 heteroatoms. The zero-order valence-electron chi connectivity index (χ0n) is 18.4. The number of hydrogen-bond donors (Lipinski definition) is 4. The van der Waals surface area contributed by atoms with Crippen molar-refractivity contribution in [3.63, 3.8) is 0 Å². The van der Waals surface area contributed by atoms with E-state index in [1.807, 2.05) is 6.07 Å². The largest absolute Gasteiger partial charge is 0.497 e. The molecule has 1 heterocycles. The first-order valence-electron chi connectivity index (χ1n) is 10.2. The molecular formula is C23H25N7O3. The lowest BCUT2D eigenvalue weighted by Crippen LogP contribution is -2.30. The monoisotopic (exact) mass is 447 g/mol. The van der Waals surface area contributed by atoms with Gasteiger partial charge >= 0.3 is 6.03 Å². The van der Waals surface area contributed by atoms with E-state index in [9.17, 15) is 10.1 Å². The Bertz CT molecular complexity index is 1160. The van der Waals surface area contributed by atoms with E-state index in [1.54, 1.807) is 42.6 Å². The van der Waals surface area contributed by atoms with E-state index in [4.69, 9.17) is 15.2 Å². The fraction of sp³-hybridized carbons (Fsp3) is 0.217. The van der Waals surface area contributed by atoms with Crippen molar-refractivity contribution in [3.8, 4) is 28.8 Å². The van der Waals surface area contributed by atoms with Crippen LogP contribution in [0.5, 0.6) is 11.5 Å². The molecule has 33 heavy (non-hydrogen) atoms. The van der Waals surface area contributed by atoms with Crippen molar-refractivity contribution in [2.45, 2.75) is 6.42 Å². The number of aromatic nitrogens is 2. The number of methoxy groups -OCH3 is 2. The molecule has 10 nitrogen and oxygen atoms in total. The number of nitrogens with zero attached hydrogens (tertiary/aromatic N) is 3. The fourth-order valence-electron chi connectivity index (χ4n) is 3.00. The highest BCUT2D eigenvalue weighted by atomic mass is 16.5. The molecule has 0 aliphatic carbocycles. The van der Waals surface area contributed by atoms with Crippen molar-refractivity contribution < 1.29 is 14.3 Å². The summed E-state index contributed by atoms with van der Waals surface area (Å²) in [5, 5.41) is 18.0. The highest BCUT2D eigenvalue weighted by molar-refractivity contribution is 5.90. The average molecular weight is 447 g/mol. The number of benzene rings is 2. The van der Waals surface area contributed by atoms with Gasteiger partial charge in [0.05, 0.1) is 25.5 Å². The number of anilines is 3. The van der Waals surface area contributed by atoms with Crippen LogP contribution in [0.2, 0.25) is 0 Å². The van der Waals surface area contributed by atoms with Gasteiger partial charge in [-0.3, -0.25) is 0 Å². The summed E-state index contributed by atoms with van der Waals surface area (Å²) in [6.45, 7) is 0.984. The third-order valence-electron chi connectivity index (χ3n) is 4.59. The van der Waals surface area contributed by atoms with Crippen LogP contribution in [0.3, 0.4) is 0 Å². The highest BCUT2D eigenvalue weighted by Gasteiger charge is 2.10. The molecule has 0 spiro atoms. The van der Waals surface area contributed by atoms with Crippen molar-refractivity contribution in [1.29, 1.82) is 5.26 Å². The summed E-state index contributed by atoms with van der Waals surface area (Å²) in [4.78, 5) is 20.9. The number of carbonyl (C=O) groups is 1. The Balaban J connectivity index is 1.81. The maximum absolute atomic E-state index is 12.1. The first-order valence-corrected chi connectivity index (χ1v) is 10.2. The molecule has 0 fully saturated rings. The van der Waals surface area contributed by atoms with Gasteiger partial charge in [0.15, 0.2) is 0 Å². The average Bonchev–Trinajstić information content (AvgIpc) is 2.83. The van der Waals surface area contributed by atoms with Gasteiger partial charge in [-0.15, -0.1) is 0 Å². The Morgan fingerprint density at radius 3 is 2.67 bits per heavy atom. The van der Waals surface area contributed by atoms with Crippen molar-refractivity contribution in [2.75, 3.05) is 37.9 Å². The van der Waals surface area contributed by atoms with Crippen molar-refractivity contribution in [3.05, 3.63) is 54.2 Å². The molecule has 5 N–H and O–H groups in total. The molecule has 170 valence electrons. The predicted molar refractivity (Wildman–Crippen MR) is 126 cm³/mol. The number of urea groups is 1. The van der Waals surface area contributed by atoms with Crippen LogP contribution in [-0.4, -0.2) is 43.3 Å². The Morgan fingerprint density at radius 1 is 1.12 bits per heavy atom. The van der Waals surface area contributed by atoms with Gasteiger partial charge in [-0.1, -0.05) is 0 Å². The minimum absolute atomic E-state index is 0.339. The number of amides is 2. The minimum atomic E-state index is -0.339. The molecule has 0 aliphatic rings. The molecule has 0 saturated heterocycles. The molecule has 1 aromatic heterocycles. The van der Waals surface area contributed by atoms with Crippen LogP contribution in [0, 0.1) is 11.3 Å². The van der Waals surface area contributed by atoms with E-state index >= 15 is 0 Å². The maximum atomic E-state index is 12.1. The summed E-state index contributed by atoms with van der Waals surface area (Å²) in [5.41, 5.74) is 8.40. The second kappa shape index (κ2) is 11.3. The molecule has 2 aromatic carbocycles. The number of hydrogen-bond acceptors (Lipinski definition) is 8. The van der Waals surface area contributed by atoms with Gasteiger partial charge in [-0.25, -0.2) is 14.8 Å². The zero-order valence-corrected chi connectivity index (χ0v) is 18.4. The fourth-order valence-corrected chi connectivity index (χ4v) is 3.00. The summed E-state index contributed by atoms with van der Waals surface area (Å²) in [6.07, 6.45) is 2.31. The molecule has 0 atom stereocenters. The van der Waals surface area contributed by atoms with Crippen LogP contribution < -0.4 is 31.2 Å². The smallest absolute Gasteiger partial charge is 0.319 e. The van der Waals surface area contributed by atoms with Gasteiger partial charge in [0.25, 0.3) is 0 Å². The number of nitrogens with two attached hydrogens (primary N) is 1. The molecule has 2 amide bonds. The van der Waals surface area contributed by atoms with Crippen LogP contribution in [0.25, 0.3) is 11.3 Å². The second-order valence-corrected chi connectivity index (χ2v) is 6.89. The van der Waals surface area contributed by atoms with E-state index in [1.165, 1.54) is 14.2 Å². The molecule has 0 saturated carbocycles. The summed E-state index contributed by atoms with van der Waals surface area (Å²) < 4.78 is 10.5. The number of nitriles is 1. The molecule has 3 rings (SSSR count). The Kier molecular flexibility index (Phi) is 7.99. The lowest BCUT2D eigenvalue weighted by molar-refractivity contribution is 0.252. The van der Waals surface area contributed by atoms with Crippen molar-refractivity contribution >= 4 is 23.4 Å². The summed E-state index contributed by atoms with van der Waals surface area (Å²) in [6, 6.07) is 14.0. The number of ether oxygens (including phenoxy) is 2. The number of carbonyl (C=O) groups excluding carboxylic acids is 1. The van der Waals surface area contributed by atoms with Gasteiger partial charge in [-0.2, -0.15) is 5.26 Å². The third-order valence-corrected chi connectivity index (χ3v) is 4.59. The van der Waals surface area contributed by atoms with Gasteiger partial charge in [0.2, 0.25) is 5.95 Å². The van der Waals surface area contributed by atoms with Crippen LogP contribution >= 0.6 is 0 Å². The lowest BCUT2D eigenvalue weighted by atomic mass is 10.1. The first-order chi connectivity index (χ1) is 16.1. The zero-order chi connectivity index (χ0) is 23.6. The molecule has 0 unspecified atom stereocenters. The van der Waals surface area contributed by atoms with E-state index in [-0.39, 0.29) is 6.03 Å². The predicted octanol–water partition coefficient (Wildman–Crippen LogP) is 3.25. The summed E-state index contributed by atoms with van der Waals surface area (Å²) in [5.74, 6) is 1.38. The molecule has 0 bridgehead atoms. The Morgan fingerprint density at radius 2 is 1.94 bits per heavy atom. The second-order valence-electron chi connectivity index (χ2n) is 6.89. The van der Waals surface area contributed by atoms with E-state index < -0.39 is 0 Å². The van der Waals surface area contributed by atoms with Gasteiger partial charge in [0, 0.05) is 41.8 Å². The van der Waals surface area contributed by atoms with E-state index in [0.717, 1.165) is 5.56 Å². The van der Waals surface area contributed by atoms with Crippen LogP contribution in [0.4, 0.5) is 22.1 Å².